The SMILES string of the molecule is CN(C)C(=N)S(=O)(=O)c1ccc(F)c(F)c1. The number of sulfone groups is 1. The van der Waals surface area contributed by atoms with Crippen LogP contribution in [0.5, 0.6) is 0 Å². The molecule has 0 heterocycles. The number of rotatable bonds is 1. The molecule has 0 unspecified atom stereocenters. The predicted octanol–water partition coefficient (Wildman–Crippen LogP) is 1.23. The molecule has 0 radical (unpaired) electrons. The molecule has 1 aromatic carbocycles. The quantitative estimate of drug-likeness (QED) is 0.462. The van der Waals surface area contributed by atoms with Gasteiger partial charge in [-0.3, -0.25) is 5.41 Å². The summed E-state index contributed by atoms with van der Waals surface area (Å²) in [5, 5.41) is 6.65. The van der Waals surface area contributed by atoms with Crippen molar-refractivity contribution in [2.24, 2.45) is 0 Å². The van der Waals surface area contributed by atoms with Gasteiger partial charge in [0.05, 0.1) is 4.90 Å². The van der Waals surface area contributed by atoms with Crippen molar-refractivity contribution in [1.82, 2.24) is 4.90 Å². The fourth-order valence-electron chi connectivity index (χ4n) is 0.996. The Hall–Kier alpha value is -1.50. The number of hydrogen-bond donors (Lipinski definition) is 1. The van der Waals surface area contributed by atoms with E-state index >= 15 is 0 Å². The van der Waals surface area contributed by atoms with Crippen LogP contribution < -0.4 is 0 Å². The first-order valence-corrected chi connectivity index (χ1v) is 5.71. The molecule has 1 aromatic rings. The predicted molar refractivity (Wildman–Crippen MR) is 55.0 cm³/mol. The van der Waals surface area contributed by atoms with Crippen molar-refractivity contribution in [2.45, 2.75) is 4.90 Å². The molecule has 0 saturated carbocycles. The van der Waals surface area contributed by atoms with E-state index in [-0.39, 0.29) is 0 Å². The van der Waals surface area contributed by atoms with Gasteiger partial charge in [-0.05, 0) is 18.2 Å². The standard InChI is InChI=1S/C9H10F2N2O2S/c1-13(2)9(12)16(14,15)6-3-4-7(10)8(11)5-6/h3-5,12H,1-2H3. The summed E-state index contributed by atoms with van der Waals surface area (Å²) in [5.74, 6) is -2.39. The average Bonchev–Trinajstić information content (AvgIpc) is 2.20. The zero-order valence-electron chi connectivity index (χ0n) is 8.66. The van der Waals surface area contributed by atoms with E-state index in [0.29, 0.717) is 12.1 Å². The third kappa shape index (κ3) is 2.19. The Morgan fingerprint density at radius 2 is 1.81 bits per heavy atom. The summed E-state index contributed by atoms with van der Waals surface area (Å²) in [5.41, 5.74) is 0. The maximum Gasteiger partial charge on any atom is 0.239 e. The Kier molecular flexibility index (Phi) is 3.27. The van der Waals surface area contributed by atoms with E-state index in [2.05, 4.69) is 0 Å². The van der Waals surface area contributed by atoms with Gasteiger partial charge >= 0.3 is 0 Å². The maximum atomic E-state index is 12.9. The topological polar surface area (TPSA) is 61.2 Å². The Balaban J connectivity index is 3.29. The largest absolute Gasteiger partial charge is 0.353 e. The van der Waals surface area contributed by atoms with Gasteiger partial charge < -0.3 is 4.90 Å². The highest BCUT2D eigenvalue weighted by atomic mass is 32.2. The van der Waals surface area contributed by atoms with E-state index in [1.807, 2.05) is 0 Å². The lowest BCUT2D eigenvalue weighted by Gasteiger charge is -2.13. The zero-order valence-corrected chi connectivity index (χ0v) is 9.48. The van der Waals surface area contributed by atoms with E-state index in [1.54, 1.807) is 0 Å². The summed E-state index contributed by atoms with van der Waals surface area (Å²) in [6.07, 6.45) is 0. The van der Waals surface area contributed by atoms with Crippen LogP contribution in [0.3, 0.4) is 0 Å². The molecule has 0 fully saturated rings. The zero-order chi connectivity index (χ0) is 12.5. The fourth-order valence-corrected chi connectivity index (χ4v) is 2.21. The number of nitrogens with one attached hydrogen (secondary N) is 1. The number of halogens is 2. The van der Waals surface area contributed by atoms with Gasteiger partial charge in [0.25, 0.3) is 0 Å². The van der Waals surface area contributed by atoms with Crippen molar-refractivity contribution in [3.8, 4) is 0 Å². The third-order valence-corrected chi connectivity index (χ3v) is 3.61. The van der Waals surface area contributed by atoms with Crippen molar-refractivity contribution in [1.29, 1.82) is 5.41 Å². The maximum absolute atomic E-state index is 12.9. The molecule has 0 atom stereocenters. The summed E-state index contributed by atoms with van der Waals surface area (Å²) in [7, 11) is -1.33. The summed E-state index contributed by atoms with van der Waals surface area (Å²) >= 11 is 0. The third-order valence-electron chi connectivity index (χ3n) is 1.86. The van der Waals surface area contributed by atoms with Crippen LogP contribution in [0.15, 0.2) is 23.1 Å². The van der Waals surface area contributed by atoms with Crippen LogP contribution >= 0.6 is 0 Å². The summed E-state index contributed by atoms with van der Waals surface area (Å²) in [6.45, 7) is 0. The summed E-state index contributed by atoms with van der Waals surface area (Å²) in [4.78, 5) is 0.626. The highest BCUT2D eigenvalue weighted by Crippen LogP contribution is 2.16. The second kappa shape index (κ2) is 4.17. The Morgan fingerprint density at radius 1 is 1.25 bits per heavy atom. The number of benzene rings is 1. The highest BCUT2D eigenvalue weighted by Gasteiger charge is 2.23. The van der Waals surface area contributed by atoms with Crippen LogP contribution in [0.1, 0.15) is 0 Å². The van der Waals surface area contributed by atoms with Gasteiger partial charge in [-0.1, -0.05) is 0 Å². The molecule has 0 spiro atoms. The molecule has 1 rings (SSSR count). The molecular formula is C9H10F2N2O2S. The summed E-state index contributed by atoms with van der Waals surface area (Å²) < 4.78 is 48.8. The first kappa shape index (κ1) is 12.6. The number of hydrogen-bond acceptors (Lipinski definition) is 3. The lowest BCUT2D eigenvalue weighted by molar-refractivity contribution is 0.504. The minimum absolute atomic E-state index is 0.440. The molecule has 4 nitrogen and oxygen atoms in total. The molecule has 0 aliphatic carbocycles. The van der Waals surface area contributed by atoms with Gasteiger partial charge in [-0.25, -0.2) is 17.2 Å². The normalized spacial score (nSPS) is 11.2. The molecule has 0 aliphatic rings. The number of nitrogens with zero attached hydrogens (tertiary/aromatic N) is 1. The van der Waals surface area contributed by atoms with Crippen molar-refractivity contribution >= 4 is 15.0 Å². The first-order chi connectivity index (χ1) is 7.26. The van der Waals surface area contributed by atoms with Gasteiger partial charge in [0.2, 0.25) is 15.0 Å². The molecule has 0 aliphatic heterocycles. The van der Waals surface area contributed by atoms with Crippen LogP contribution in [0.25, 0.3) is 0 Å². The average molecular weight is 248 g/mol. The van der Waals surface area contributed by atoms with E-state index in [4.69, 9.17) is 5.41 Å². The fraction of sp³-hybridized carbons (Fsp3) is 0.222. The Labute approximate surface area is 91.9 Å². The highest BCUT2D eigenvalue weighted by molar-refractivity contribution is 8.06. The van der Waals surface area contributed by atoms with Gasteiger partial charge in [-0.2, -0.15) is 0 Å². The van der Waals surface area contributed by atoms with E-state index in [9.17, 15) is 17.2 Å². The smallest absolute Gasteiger partial charge is 0.239 e. The van der Waals surface area contributed by atoms with E-state index in [0.717, 1.165) is 11.0 Å². The van der Waals surface area contributed by atoms with Gasteiger partial charge in [0, 0.05) is 14.1 Å². The van der Waals surface area contributed by atoms with Gasteiger partial charge in [0.1, 0.15) is 0 Å². The van der Waals surface area contributed by atoms with Crippen LogP contribution in [0, 0.1) is 17.0 Å². The molecule has 16 heavy (non-hydrogen) atoms. The van der Waals surface area contributed by atoms with Crippen molar-refractivity contribution < 1.29 is 17.2 Å². The minimum atomic E-state index is -4.07. The minimum Gasteiger partial charge on any atom is -0.353 e. The second-order valence-electron chi connectivity index (χ2n) is 3.28. The summed E-state index contributed by atoms with van der Waals surface area (Å²) in [6, 6.07) is 2.19. The van der Waals surface area contributed by atoms with Gasteiger partial charge in [-0.15, -0.1) is 0 Å². The van der Waals surface area contributed by atoms with E-state index in [1.165, 1.54) is 14.1 Å². The Bertz CT molecular complexity index is 526. The molecule has 1 N–H and O–H groups in total. The Morgan fingerprint density at radius 3 is 2.25 bits per heavy atom. The second-order valence-corrected chi connectivity index (χ2v) is 5.14. The molecule has 0 aromatic heterocycles. The van der Waals surface area contributed by atoms with E-state index < -0.39 is 31.5 Å². The molecule has 7 heteroatoms. The van der Waals surface area contributed by atoms with Crippen molar-refractivity contribution in [2.75, 3.05) is 14.1 Å². The molecule has 0 saturated heterocycles. The van der Waals surface area contributed by atoms with Crippen molar-refractivity contribution in [3.05, 3.63) is 29.8 Å². The first-order valence-electron chi connectivity index (χ1n) is 4.23. The molecule has 88 valence electrons. The lowest BCUT2D eigenvalue weighted by Crippen LogP contribution is -2.29. The number of amidine groups is 1. The molecular weight excluding hydrogens is 238 g/mol. The molecule has 0 amide bonds. The van der Waals surface area contributed by atoms with Crippen LogP contribution in [-0.4, -0.2) is 32.6 Å². The molecule has 0 bridgehead atoms. The lowest BCUT2D eigenvalue weighted by atomic mass is 10.3. The monoisotopic (exact) mass is 248 g/mol. The van der Waals surface area contributed by atoms with Gasteiger partial charge in [0.15, 0.2) is 11.6 Å². The van der Waals surface area contributed by atoms with Crippen LogP contribution in [0.2, 0.25) is 0 Å². The van der Waals surface area contributed by atoms with Crippen LogP contribution in [0.4, 0.5) is 8.78 Å². The van der Waals surface area contributed by atoms with Crippen molar-refractivity contribution in [3.63, 3.8) is 0 Å². The van der Waals surface area contributed by atoms with Crippen LogP contribution in [-0.2, 0) is 9.84 Å².